The van der Waals surface area contributed by atoms with Crippen LogP contribution in [0.15, 0.2) is 10.9 Å². The maximum absolute atomic E-state index is 11.9. The summed E-state index contributed by atoms with van der Waals surface area (Å²) in [5.74, 6) is 2.91. The number of nitrogens with zero attached hydrogens (tertiary/aromatic N) is 1. The fraction of sp³-hybridized carbons (Fsp3) is 0.765. The summed E-state index contributed by atoms with van der Waals surface area (Å²) >= 11 is 0. The lowest BCUT2D eigenvalue weighted by Crippen LogP contribution is -2.46. The summed E-state index contributed by atoms with van der Waals surface area (Å²) in [6.07, 6.45) is 6.24. The van der Waals surface area contributed by atoms with Gasteiger partial charge in [-0.05, 0) is 48.9 Å². The summed E-state index contributed by atoms with van der Waals surface area (Å²) in [4.78, 5) is 19.4. The number of aromatic nitrogens is 2. The van der Waals surface area contributed by atoms with Gasteiger partial charge in [-0.3, -0.25) is 4.79 Å². The normalized spacial score (nSPS) is 36.9. The van der Waals surface area contributed by atoms with Gasteiger partial charge < -0.3 is 10.3 Å². The molecule has 114 valence electrons. The molecule has 0 spiro atoms. The fourth-order valence-corrected chi connectivity index (χ4v) is 4.91. The van der Waals surface area contributed by atoms with Crippen LogP contribution in [0.4, 0.5) is 5.82 Å². The summed E-state index contributed by atoms with van der Waals surface area (Å²) in [5.41, 5.74) is 0.593. The number of hydrogen-bond acceptors (Lipinski definition) is 3. The number of H-pyrrole nitrogens is 1. The molecule has 3 aliphatic rings. The molecule has 3 atom stereocenters. The Bertz CT molecular complexity index is 626. The van der Waals surface area contributed by atoms with Gasteiger partial charge >= 0.3 is 0 Å². The lowest BCUT2D eigenvalue weighted by atomic mass is 9.68. The number of rotatable bonds is 3. The molecule has 1 aromatic heterocycles. The van der Waals surface area contributed by atoms with Crippen molar-refractivity contribution < 1.29 is 0 Å². The van der Waals surface area contributed by atoms with Crippen molar-refractivity contribution >= 4 is 5.82 Å². The molecule has 0 amide bonds. The summed E-state index contributed by atoms with van der Waals surface area (Å²) in [7, 11) is 0. The van der Waals surface area contributed by atoms with Gasteiger partial charge in [-0.2, -0.15) is 0 Å². The van der Waals surface area contributed by atoms with Crippen molar-refractivity contribution in [1.29, 1.82) is 0 Å². The first-order valence-corrected chi connectivity index (χ1v) is 8.26. The third kappa shape index (κ3) is 2.02. The molecule has 3 unspecified atom stereocenters. The van der Waals surface area contributed by atoms with E-state index in [1.807, 2.05) is 0 Å². The van der Waals surface area contributed by atoms with E-state index in [1.54, 1.807) is 6.07 Å². The second kappa shape index (κ2) is 4.11. The molecule has 4 heteroatoms. The standard InChI is InChI=1S/C17H25N3O/c1-16(2)11-6-7-17(3,9-11)15(16)19-12-8-13(21)20-14(18-12)10-4-5-10/h8,10-11,15H,4-7,9H2,1-3H3,(H2,18,19,20,21). The van der Waals surface area contributed by atoms with Crippen LogP contribution in [0, 0.1) is 16.7 Å². The average Bonchev–Trinajstić information content (AvgIpc) is 3.14. The van der Waals surface area contributed by atoms with Gasteiger partial charge in [-0.15, -0.1) is 0 Å². The summed E-state index contributed by atoms with van der Waals surface area (Å²) in [6.45, 7) is 7.14. The van der Waals surface area contributed by atoms with Crippen molar-refractivity contribution in [3.05, 3.63) is 22.2 Å². The Hall–Kier alpha value is -1.32. The topological polar surface area (TPSA) is 57.8 Å². The number of aromatic amines is 1. The third-order valence-electron chi connectivity index (χ3n) is 6.29. The van der Waals surface area contributed by atoms with E-state index in [0.717, 1.165) is 30.4 Å². The summed E-state index contributed by atoms with van der Waals surface area (Å²) in [5, 5.41) is 3.64. The number of nitrogens with one attached hydrogen (secondary N) is 2. The highest BCUT2D eigenvalue weighted by atomic mass is 16.1. The maximum atomic E-state index is 11.9. The predicted molar refractivity (Wildman–Crippen MR) is 83.5 cm³/mol. The van der Waals surface area contributed by atoms with Crippen molar-refractivity contribution in [1.82, 2.24) is 9.97 Å². The minimum Gasteiger partial charge on any atom is -0.366 e. The van der Waals surface area contributed by atoms with Crippen LogP contribution < -0.4 is 10.9 Å². The Morgan fingerprint density at radius 3 is 2.67 bits per heavy atom. The van der Waals surface area contributed by atoms with E-state index in [2.05, 4.69) is 36.1 Å². The molecule has 3 aliphatic carbocycles. The minimum atomic E-state index is -0.0273. The zero-order valence-corrected chi connectivity index (χ0v) is 13.2. The van der Waals surface area contributed by atoms with E-state index in [1.165, 1.54) is 19.3 Å². The lowest BCUT2D eigenvalue weighted by Gasteiger charge is -2.43. The van der Waals surface area contributed by atoms with Crippen molar-refractivity contribution in [2.24, 2.45) is 16.7 Å². The largest absolute Gasteiger partial charge is 0.366 e. The molecule has 0 aromatic carbocycles. The van der Waals surface area contributed by atoms with Gasteiger partial charge in [-0.25, -0.2) is 4.98 Å². The highest BCUT2D eigenvalue weighted by molar-refractivity contribution is 5.38. The van der Waals surface area contributed by atoms with Gasteiger partial charge in [0.2, 0.25) is 0 Å². The Balaban J connectivity index is 1.65. The van der Waals surface area contributed by atoms with Gasteiger partial charge in [0, 0.05) is 18.0 Å². The quantitative estimate of drug-likeness (QED) is 0.897. The van der Waals surface area contributed by atoms with Crippen LogP contribution in [-0.4, -0.2) is 16.0 Å². The zero-order chi connectivity index (χ0) is 14.8. The zero-order valence-electron chi connectivity index (χ0n) is 13.2. The molecule has 0 radical (unpaired) electrons. The number of fused-ring (bicyclic) bond motifs is 2. The van der Waals surface area contributed by atoms with E-state index in [4.69, 9.17) is 0 Å². The van der Waals surface area contributed by atoms with Crippen LogP contribution in [0.1, 0.15) is 64.6 Å². The van der Waals surface area contributed by atoms with Crippen molar-refractivity contribution in [2.45, 2.75) is 64.8 Å². The van der Waals surface area contributed by atoms with Crippen LogP contribution in [-0.2, 0) is 0 Å². The average molecular weight is 287 g/mol. The molecule has 3 fully saturated rings. The minimum absolute atomic E-state index is 0.0273. The van der Waals surface area contributed by atoms with Crippen molar-refractivity contribution in [2.75, 3.05) is 5.32 Å². The Morgan fingerprint density at radius 1 is 1.29 bits per heavy atom. The Morgan fingerprint density at radius 2 is 2.05 bits per heavy atom. The molecule has 1 aromatic rings. The van der Waals surface area contributed by atoms with Gasteiger partial charge in [0.15, 0.2) is 0 Å². The van der Waals surface area contributed by atoms with Crippen LogP contribution in [0.3, 0.4) is 0 Å². The van der Waals surface area contributed by atoms with E-state index in [0.29, 0.717) is 17.4 Å². The molecule has 21 heavy (non-hydrogen) atoms. The smallest absolute Gasteiger partial charge is 0.252 e. The first-order valence-electron chi connectivity index (χ1n) is 8.26. The monoisotopic (exact) mass is 287 g/mol. The second-order valence-corrected chi connectivity index (χ2v) is 8.28. The van der Waals surface area contributed by atoms with E-state index in [-0.39, 0.29) is 11.0 Å². The first kappa shape index (κ1) is 13.4. The SMILES string of the molecule is CC12CCC(C1)C(C)(C)C2Nc1cc(=O)[nH]c(C2CC2)n1. The van der Waals surface area contributed by atoms with Gasteiger partial charge in [0.05, 0.1) is 0 Å². The number of anilines is 1. The van der Waals surface area contributed by atoms with Crippen LogP contribution in [0.2, 0.25) is 0 Å². The van der Waals surface area contributed by atoms with Crippen LogP contribution >= 0.6 is 0 Å². The van der Waals surface area contributed by atoms with E-state index < -0.39 is 0 Å². The first-order chi connectivity index (χ1) is 9.88. The molecule has 1 heterocycles. The highest BCUT2D eigenvalue weighted by Crippen LogP contribution is 2.63. The molecule has 4 rings (SSSR count). The molecule has 0 saturated heterocycles. The van der Waals surface area contributed by atoms with E-state index in [9.17, 15) is 4.79 Å². The fourth-order valence-electron chi connectivity index (χ4n) is 4.91. The predicted octanol–water partition coefficient (Wildman–Crippen LogP) is 3.27. The molecule has 3 saturated carbocycles. The molecule has 2 bridgehead atoms. The number of hydrogen-bond donors (Lipinski definition) is 2. The summed E-state index contributed by atoms with van der Waals surface area (Å²) in [6, 6.07) is 2.03. The highest BCUT2D eigenvalue weighted by Gasteiger charge is 2.59. The van der Waals surface area contributed by atoms with Gasteiger partial charge in [-0.1, -0.05) is 20.8 Å². The van der Waals surface area contributed by atoms with E-state index >= 15 is 0 Å². The third-order valence-corrected chi connectivity index (χ3v) is 6.29. The van der Waals surface area contributed by atoms with Crippen molar-refractivity contribution in [3.63, 3.8) is 0 Å². The molecule has 2 N–H and O–H groups in total. The lowest BCUT2D eigenvalue weighted by molar-refractivity contribution is 0.155. The molecular weight excluding hydrogens is 262 g/mol. The van der Waals surface area contributed by atoms with Crippen molar-refractivity contribution in [3.8, 4) is 0 Å². The molecular formula is C17H25N3O. The maximum Gasteiger partial charge on any atom is 0.252 e. The molecule has 4 nitrogen and oxygen atoms in total. The Labute approximate surface area is 125 Å². The summed E-state index contributed by atoms with van der Waals surface area (Å²) < 4.78 is 0. The van der Waals surface area contributed by atoms with Gasteiger partial charge in [0.25, 0.3) is 5.56 Å². The van der Waals surface area contributed by atoms with Crippen LogP contribution in [0.25, 0.3) is 0 Å². The molecule has 0 aliphatic heterocycles. The van der Waals surface area contributed by atoms with Crippen LogP contribution in [0.5, 0.6) is 0 Å². The van der Waals surface area contributed by atoms with Gasteiger partial charge in [0.1, 0.15) is 11.6 Å². The Kier molecular flexibility index (Phi) is 2.61. The second-order valence-electron chi connectivity index (χ2n) is 8.28.